The SMILES string of the molecule is C[C@@H](C(=O)Nc1ccc(N2CCOCC2)cc1)N1C(=O)N[C@@]2(CCCc3sccc32)C1=O. The van der Waals surface area contributed by atoms with E-state index in [9.17, 15) is 14.4 Å². The molecule has 8 nitrogen and oxygen atoms in total. The molecule has 168 valence electrons. The van der Waals surface area contributed by atoms with Gasteiger partial charge in [-0.3, -0.25) is 9.59 Å². The van der Waals surface area contributed by atoms with Gasteiger partial charge in [-0.1, -0.05) is 0 Å². The monoisotopic (exact) mass is 454 g/mol. The average molecular weight is 455 g/mol. The summed E-state index contributed by atoms with van der Waals surface area (Å²) in [5.41, 5.74) is 1.53. The number of nitrogens with one attached hydrogen (secondary N) is 2. The lowest BCUT2D eigenvalue weighted by Crippen LogP contribution is -2.49. The molecule has 9 heteroatoms. The maximum absolute atomic E-state index is 13.4. The quantitative estimate of drug-likeness (QED) is 0.694. The number of aryl methyl sites for hydroxylation is 1. The maximum Gasteiger partial charge on any atom is 0.326 e. The second-order valence-corrected chi connectivity index (χ2v) is 9.43. The Bertz CT molecular complexity index is 1050. The zero-order valence-electron chi connectivity index (χ0n) is 17.9. The van der Waals surface area contributed by atoms with E-state index in [2.05, 4.69) is 15.5 Å². The van der Waals surface area contributed by atoms with E-state index in [-0.39, 0.29) is 5.91 Å². The Kier molecular flexibility index (Phi) is 5.38. The van der Waals surface area contributed by atoms with Gasteiger partial charge in [0.15, 0.2) is 0 Å². The number of amides is 4. The molecule has 2 aliphatic heterocycles. The standard InChI is InChI=1S/C23H26N4O4S/c1-15(20(28)24-16-4-6-17(7-5-16)26-10-12-31-13-11-26)27-21(29)23(25-22(27)30)9-2-3-19-18(23)8-14-32-19/h4-8,14-15H,2-3,9-13H2,1H3,(H,24,28)(H,25,30)/t15-,23+/m0/s1. The third-order valence-corrected chi connectivity index (χ3v) is 7.54. The highest BCUT2D eigenvalue weighted by Crippen LogP contribution is 2.42. The summed E-state index contributed by atoms with van der Waals surface area (Å²) in [4.78, 5) is 43.6. The molecule has 2 aromatic rings. The van der Waals surface area contributed by atoms with Crippen LogP contribution in [0.25, 0.3) is 0 Å². The first-order valence-corrected chi connectivity index (χ1v) is 11.8. The fourth-order valence-corrected chi connectivity index (χ4v) is 5.80. The van der Waals surface area contributed by atoms with Crippen LogP contribution in [0.2, 0.25) is 0 Å². The first-order valence-electron chi connectivity index (χ1n) is 11.0. The number of carbonyl (C=O) groups excluding carboxylic acids is 3. The van der Waals surface area contributed by atoms with Crippen molar-refractivity contribution in [3.05, 3.63) is 46.2 Å². The number of thiophene rings is 1. The van der Waals surface area contributed by atoms with Crippen LogP contribution < -0.4 is 15.5 Å². The number of ether oxygens (including phenoxy) is 1. The van der Waals surface area contributed by atoms with E-state index in [0.717, 1.165) is 47.0 Å². The predicted molar refractivity (Wildman–Crippen MR) is 122 cm³/mol. The molecule has 2 saturated heterocycles. The highest BCUT2D eigenvalue weighted by molar-refractivity contribution is 7.10. The summed E-state index contributed by atoms with van der Waals surface area (Å²) >= 11 is 1.61. The summed E-state index contributed by atoms with van der Waals surface area (Å²) in [7, 11) is 0. The molecule has 0 saturated carbocycles. The van der Waals surface area contributed by atoms with Crippen LogP contribution in [0, 0.1) is 0 Å². The maximum atomic E-state index is 13.4. The summed E-state index contributed by atoms with van der Waals surface area (Å²) < 4.78 is 5.38. The van der Waals surface area contributed by atoms with Crippen molar-refractivity contribution in [3.8, 4) is 0 Å². The van der Waals surface area contributed by atoms with Gasteiger partial charge in [-0.15, -0.1) is 11.3 Å². The van der Waals surface area contributed by atoms with E-state index in [4.69, 9.17) is 4.74 Å². The third-order valence-electron chi connectivity index (χ3n) is 6.56. The summed E-state index contributed by atoms with van der Waals surface area (Å²) in [6.45, 7) is 4.67. The molecule has 0 radical (unpaired) electrons. The Morgan fingerprint density at radius 3 is 2.69 bits per heavy atom. The first-order chi connectivity index (χ1) is 15.5. The van der Waals surface area contributed by atoms with Crippen LogP contribution in [0.5, 0.6) is 0 Å². The lowest BCUT2D eigenvalue weighted by atomic mass is 9.80. The molecular weight excluding hydrogens is 428 g/mol. The number of urea groups is 1. The van der Waals surface area contributed by atoms with Crippen molar-refractivity contribution in [2.75, 3.05) is 36.5 Å². The zero-order valence-corrected chi connectivity index (χ0v) is 18.7. The molecule has 32 heavy (non-hydrogen) atoms. The van der Waals surface area contributed by atoms with Crippen molar-refractivity contribution in [1.29, 1.82) is 0 Å². The lowest BCUT2D eigenvalue weighted by molar-refractivity contribution is -0.137. The highest BCUT2D eigenvalue weighted by Gasteiger charge is 2.56. The zero-order chi connectivity index (χ0) is 22.3. The molecule has 5 rings (SSSR count). The van der Waals surface area contributed by atoms with Gasteiger partial charge in [0.05, 0.1) is 13.2 Å². The Labute approximate surface area is 190 Å². The van der Waals surface area contributed by atoms with E-state index in [1.807, 2.05) is 35.7 Å². The Balaban J connectivity index is 1.29. The number of nitrogens with zero attached hydrogens (tertiary/aromatic N) is 2. The Morgan fingerprint density at radius 1 is 1.19 bits per heavy atom. The molecule has 1 spiro atoms. The van der Waals surface area contributed by atoms with Crippen LogP contribution in [-0.2, 0) is 26.3 Å². The third kappa shape index (κ3) is 3.45. The van der Waals surface area contributed by atoms with Crippen LogP contribution in [0.4, 0.5) is 16.2 Å². The van der Waals surface area contributed by atoms with Crippen LogP contribution in [0.15, 0.2) is 35.7 Å². The molecule has 3 heterocycles. The van der Waals surface area contributed by atoms with E-state index in [1.165, 1.54) is 0 Å². The van der Waals surface area contributed by atoms with Crippen molar-refractivity contribution < 1.29 is 19.1 Å². The van der Waals surface area contributed by atoms with E-state index in [1.54, 1.807) is 18.3 Å². The fraction of sp³-hybridized carbons (Fsp3) is 0.435. The largest absolute Gasteiger partial charge is 0.378 e. The normalized spacial score (nSPS) is 23.8. The number of benzene rings is 1. The number of morpholine rings is 1. The minimum Gasteiger partial charge on any atom is -0.378 e. The van der Waals surface area contributed by atoms with Gasteiger partial charge in [0.25, 0.3) is 5.91 Å². The van der Waals surface area contributed by atoms with Crippen molar-refractivity contribution in [2.45, 2.75) is 37.8 Å². The number of rotatable bonds is 4. The first kappa shape index (κ1) is 21.0. The molecular formula is C23H26N4O4S. The molecule has 1 aromatic carbocycles. The summed E-state index contributed by atoms with van der Waals surface area (Å²) in [5, 5.41) is 7.70. The highest BCUT2D eigenvalue weighted by atomic mass is 32.1. The Morgan fingerprint density at radius 2 is 1.94 bits per heavy atom. The van der Waals surface area contributed by atoms with Gasteiger partial charge in [-0.2, -0.15) is 0 Å². The van der Waals surface area contributed by atoms with Crippen LogP contribution in [-0.4, -0.2) is 55.1 Å². The van der Waals surface area contributed by atoms with Crippen LogP contribution in [0.1, 0.15) is 30.2 Å². The minimum atomic E-state index is -1.04. The molecule has 3 aliphatic rings. The van der Waals surface area contributed by atoms with Crippen LogP contribution in [0.3, 0.4) is 0 Å². The van der Waals surface area contributed by atoms with E-state index in [0.29, 0.717) is 25.3 Å². The Hall–Kier alpha value is -2.91. The summed E-state index contributed by atoms with van der Waals surface area (Å²) in [5.74, 6) is -0.738. The van der Waals surface area contributed by atoms with Gasteiger partial charge in [0.1, 0.15) is 11.6 Å². The van der Waals surface area contributed by atoms with Gasteiger partial charge >= 0.3 is 6.03 Å². The molecule has 0 bridgehead atoms. The van der Waals surface area contributed by atoms with E-state index < -0.39 is 23.5 Å². The van der Waals surface area contributed by atoms with Crippen molar-refractivity contribution in [3.63, 3.8) is 0 Å². The average Bonchev–Trinajstić information content (AvgIpc) is 3.38. The molecule has 4 amide bonds. The lowest BCUT2D eigenvalue weighted by Gasteiger charge is -2.31. The number of hydrogen-bond donors (Lipinski definition) is 2. The minimum absolute atomic E-state index is 0.341. The topological polar surface area (TPSA) is 91.0 Å². The molecule has 2 atom stereocenters. The molecule has 1 aliphatic carbocycles. The number of hydrogen-bond acceptors (Lipinski definition) is 6. The van der Waals surface area contributed by atoms with Gasteiger partial charge in [0.2, 0.25) is 5.91 Å². The molecule has 1 aromatic heterocycles. The second kappa shape index (κ2) is 8.22. The fourth-order valence-electron chi connectivity index (χ4n) is 4.80. The number of anilines is 2. The van der Waals surface area contributed by atoms with Crippen molar-refractivity contribution in [1.82, 2.24) is 10.2 Å². The number of fused-ring (bicyclic) bond motifs is 2. The van der Waals surface area contributed by atoms with Gasteiger partial charge < -0.3 is 20.3 Å². The van der Waals surface area contributed by atoms with Gasteiger partial charge in [-0.25, -0.2) is 9.69 Å². The van der Waals surface area contributed by atoms with Gasteiger partial charge in [0, 0.05) is 34.9 Å². The van der Waals surface area contributed by atoms with Crippen molar-refractivity contribution >= 4 is 40.6 Å². The van der Waals surface area contributed by atoms with E-state index >= 15 is 0 Å². The predicted octanol–water partition coefficient (Wildman–Crippen LogP) is 2.70. The second-order valence-electron chi connectivity index (χ2n) is 8.43. The van der Waals surface area contributed by atoms with Crippen molar-refractivity contribution in [2.24, 2.45) is 0 Å². The summed E-state index contributed by atoms with van der Waals surface area (Å²) in [6.07, 6.45) is 2.28. The number of imide groups is 1. The molecule has 0 unspecified atom stereocenters. The number of carbonyl (C=O) groups is 3. The molecule has 2 N–H and O–H groups in total. The van der Waals surface area contributed by atoms with Gasteiger partial charge in [-0.05, 0) is 61.9 Å². The summed E-state index contributed by atoms with van der Waals surface area (Å²) in [6, 6.07) is 8.05. The molecule has 2 fully saturated rings. The van der Waals surface area contributed by atoms with Crippen LogP contribution >= 0.6 is 11.3 Å². The smallest absolute Gasteiger partial charge is 0.326 e.